The molecule has 4 rings (SSSR count). The molecule has 0 saturated heterocycles. The van der Waals surface area contributed by atoms with E-state index >= 15 is 0 Å². The van der Waals surface area contributed by atoms with E-state index in [-0.39, 0.29) is 18.4 Å². The van der Waals surface area contributed by atoms with Crippen molar-refractivity contribution in [2.75, 3.05) is 23.7 Å². The van der Waals surface area contributed by atoms with Gasteiger partial charge in [0.05, 0.1) is 11.9 Å². The van der Waals surface area contributed by atoms with Gasteiger partial charge in [-0.3, -0.25) is 9.10 Å². The van der Waals surface area contributed by atoms with Crippen molar-refractivity contribution in [3.8, 4) is 11.5 Å². The van der Waals surface area contributed by atoms with Crippen LogP contribution in [0.3, 0.4) is 0 Å². The van der Waals surface area contributed by atoms with Gasteiger partial charge in [0.1, 0.15) is 18.0 Å². The summed E-state index contributed by atoms with van der Waals surface area (Å²) >= 11 is 0. The van der Waals surface area contributed by atoms with Crippen LogP contribution in [0, 0.1) is 5.92 Å². The van der Waals surface area contributed by atoms with Crippen LogP contribution in [-0.4, -0.2) is 33.7 Å². The van der Waals surface area contributed by atoms with Crippen LogP contribution >= 0.6 is 0 Å². The molecule has 1 unspecified atom stereocenters. The molecule has 4 aromatic rings. The topological polar surface area (TPSA) is 75.7 Å². The zero-order valence-electron chi connectivity index (χ0n) is 20.4. The first kappa shape index (κ1) is 25.3. The summed E-state index contributed by atoms with van der Waals surface area (Å²) in [4.78, 5) is 12.7. The van der Waals surface area contributed by atoms with Crippen molar-refractivity contribution in [3.63, 3.8) is 0 Å². The maximum atomic E-state index is 12.7. The van der Waals surface area contributed by atoms with Gasteiger partial charge < -0.3 is 10.1 Å². The number of sulfonamides is 1. The lowest BCUT2D eigenvalue weighted by atomic mass is 9.96. The van der Waals surface area contributed by atoms with Crippen LogP contribution in [-0.2, 0) is 21.2 Å². The molecule has 0 radical (unpaired) electrons. The zero-order chi connectivity index (χ0) is 25.5. The zero-order valence-corrected chi connectivity index (χ0v) is 21.2. The number of nitrogens with zero attached hydrogens (tertiary/aromatic N) is 1. The lowest BCUT2D eigenvalue weighted by Gasteiger charge is -2.23. The first-order valence-corrected chi connectivity index (χ1v) is 13.7. The predicted octanol–water partition coefficient (Wildman–Crippen LogP) is 5.39. The van der Waals surface area contributed by atoms with Gasteiger partial charge in [0.25, 0.3) is 0 Å². The highest BCUT2D eigenvalue weighted by Gasteiger charge is 2.21. The monoisotopic (exact) mass is 502 g/mol. The molecule has 0 spiro atoms. The Labute approximate surface area is 212 Å². The first-order chi connectivity index (χ1) is 17.3. The van der Waals surface area contributed by atoms with E-state index in [4.69, 9.17) is 4.74 Å². The molecule has 4 aromatic carbocycles. The standard InChI is InChI=1S/C29H30N2O4S/c1-22(19-24-11-8-10-23-9-6-7-14-28(23)24)20-30-29(32)21-31(36(2,33)34)25-15-17-27(18-16-25)35-26-12-4-3-5-13-26/h3-18,22H,19-21H2,1-2H3,(H,30,32). The van der Waals surface area contributed by atoms with E-state index in [1.165, 1.54) is 16.3 Å². The fourth-order valence-electron chi connectivity index (χ4n) is 4.10. The Kier molecular flexibility index (Phi) is 7.90. The van der Waals surface area contributed by atoms with E-state index in [0.29, 0.717) is 23.7 Å². The van der Waals surface area contributed by atoms with Crippen molar-refractivity contribution < 1.29 is 17.9 Å². The van der Waals surface area contributed by atoms with Gasteiger partial charge in [-0.1, -0.05) is 67.6 Å². The summed E-state index contributed by atoms with van der Waals surface area (Å²) in [7, 11) is -3.66. The summed E-state index contributed by atoms with van der Waals surface area (Å²) in [5.74, 6) is 1.09. The summed E-state index contributed by atoms with van der Waals surface area (Å²) in [6.45, 7) is 2.23. The number of amides is 1. The average Bonchev–Trinajstić information content (AvgIpc) is 2.87. The van der Waals surface area contributed by atoms with Crippen molar-refractivity contribution >= 4 is 32.4 Å². The second kappa shape index (κ2) is 11.3. The summed E-state index contributed by atoms with van der Waals surface area (Å²) in [5.41, 5.74) is 1.63. The van der Waals surface area contributed by atoms with Gasteiger partial charge in [0.15, 0.2) is 0 Å². The van der Waals surface area contributed by atoms with Crippen molar-refractivity contribution in [1.29, 1.82) is 0 Å². The number of nitrogens with one attached hydrogen (secondary N) is 1. The molecule has 1 atom stereocenters. The van der Waals surface area contributed by atoms with Crippen molar-refractivity contribution in [2.45, 2.75) is 13.3 Å². The van der Waals surface area contributed by atoms with Crippen LogP contribution in [0.4, 0.5) is 5.69 Å². The fraction of sp³-hybridized carbons (Fsp3) is 0.207. The van der Waals surface area contributed by atoms with Crippen LogP contribution in [0.25, 0.3) is 10.8 Å². The molecule has 0 aliphatic rings. The van der Waals surface area contributed by atoms with Crippen LogP contribution in [0.15, 0.2) is 97.1 Å². The van der Waals surface area contributed by atoms with Crippen molar-refractivity contribution in [2.24, 2.45) is 5.92 Å². The van der Waals surface area contributed by atoms with E-state index in [2.05, 4.69) is 36.5 Å². The second-order valence-corrected chi connectivity index (χ2v) is 10.8. The van der Waals surface area contributed by atoms with Gasteiger partial charge in [0, 0.05) is 6.54 Å². The molecule has 0 aliphatic carbocycles. The lowest BCUT2D eigenvalue weighted by molar-refractivity contribution is -0.119. The van der Waals surface area contributed by atoms with E-state index < -0.39 is 10.0 Å². The van der Waals surface area contributed by atoms with Gasteiger partial charge in [0.2, 0.25) is 15.9 Å². The second-order valence-electron chi connectivity index (χ2n) is 8.93. The summed E-state index contributed by atoms with van der Waals surface area (Å²) < 4.78 is 31.8. The normalized spacial score (nSPS) is 12.2. The number of carbonyl (C=O) groups is 1. The van der Waals surface area contributed by atoms with Crippen LogP contribution < -0.4 is 14.4 Å². The minimum atomic E-state index is -3.66. The smallest absolute Gasteiger partial charge is 0.240 e. The quantitative estimate of drug-likeness (QED) is 0.315. The number of para-hydroxylation sites is 1. The Hall–Kier alpha value is -3.84. The van der Waals surface area contributed by atoms with Crippen molar-refractivity contribution in [1.82, 2.24) is 5.32 Å². The Morgan fingerprint density at radius 3 is 2.22 bits per heavy atom. The minimum absolute atomic E-state index is 0.181. The Morgan fingerprint density at radius 2 is 1.50 bits per heavy atom. The molecule has 0 aliphatic heterocycles. The number of carbonyl (C=O) groups excluding carboxylic acids is 1. The maximum Gasteiger partial charge on any atom is 0.240 e. The number of anilines is 1. The molecule has 0 bridgehead atoms. The third kappa shape index (κ3) is 6.64. The highest BCUT2D eigenvalue weighted by atomic mass is 32.2. The van der Waals surface area contributed by atoms with Crippen molar-refractivity contribution in [3.05, 3.63) is 103 Å². The lowest BCUT2D eigenvalue weighted by Crippen LogP contribution is -2.41. The molecular formula is C29H30N2O4S. The summed E-state index contributed by atoms with van der Waals surface area (Å²) in [6.07, 6.45) is 1.90. The predicted molar refractivity (Wildman–Crippen MR) is 145 cm³/mol. The molecule has 36 heavy (non-hydrogen) atoms. The van der Waals surface area contributed by atoms with Crippen LogP contribution in [0.2, 0.25) is 0 Å². The number of benzene rings is 4. The molecule has 6 nitrogen and oxygen atoms in total. The number of fused-ring (bicyclic) bond motifs is 1. The third-order valence-corrected chi connectivity index (χ3v) is 7.03. The van der Waals surface area contributed by atoms with E-state index in [9.17, 15) is 13.2 Å². The van der Waals surface area contributed by atoms with E-state index in [1.54, 1.807) is 24.3 Å². The molecule has 0 fully saturated rings. The third-order valence-electron chi connectivity index (χ3n) is 5.89. The Bertz CT molecular complexity index is 1420. The molecular weight excluding hydrogens is 472 g/mol. The molecule has 0 saturated carbocycles. The minimum Gasteiger partial charge on any atom is -0.457 e. The van der Waals surface area contributed by atoms with Crippen LogP contribution in [0.1, 0.15) is 12.5 Å². The highest BCUT2D eigenvalue weighted by molar-refractivity contribution is 7.92. The fourth-order valence-corrected chi connectivity index (χ4v) is 4.95. The van der Waals surface area contributed by atoms with Gasteiger partial charge in [-0.25, -0.2) is 8.42 Å². The number of hydrogen-bond donors (Lipinski definition) is 1. The maximum absolute atomic E-state index is 12.7. The van der Waals surface area contributed by atoms with E-state index in [0.717, 1.165) is 17.0 Å². The molecule has 1 amide bonds. The Balaban J connectivity index is 1.36. The summed E-state index contributed by atoms with van der Waals surface area (Å²) in [5, 5.41) is 5.30. The number of hydrogen-bond acceptors (Lipinski definition) is 4. The molecule has 0 aromatic heterocycles. The number of rotatable bonds is 10. The first-order valence-electron chi connectivity index (χ1n) is 11.8. The average molecular weight is 503 g/mol. The molecule has 7 heteroatoms. The van der Waals surface area contributed by atoms with Gasteiger partial charge in [-0.2, -0.15) is 0 Å². The van der Waals surface area contributed by atoms with Gasteiger partial charge >= 0.3 is 0 Å². The SMILES string of the molecule is CC(CNC(=O)CN(c1ccc(Oc2ccccc2)cc1)S(C)(=O)=O)Cc1cccc2ccccc12. The van der Waals surface area contributed by atoms with Gasteiger partial charge in [-0.15, -0.1) is 0 Å². The highest BCUT2D eigenvalue weighted by Crippen LogP contribution is 2.25. The van der Waals surface area contributed by atoms with E-state index in [1.807, 2.05) is 48.5 Å². The largest absolute Gasteiger partial charge is 0.457 e. The molecule has 1 N–H and O–H groups in total. The van der Waals surface area contributed by atoms with Crippen LogP contribution in [0.5, 0.6) is 11.5 Å². The Morgan fingerprint density at radius 1 is 0.861 bits per heavy atom. The van der Waals surface area contributed by atoms with Gasteiger partial charge in [-0.05, 0) is 65.1 Å². The summed E-state index contributed by atoms with van der Waals surface area (Å²) in [6, 6.07) is 30.4. The molecule has 186 valence electrons. The number of ether oxygens (including phenoxy) is 1. The molecule has 0 heterocycles.